The van der Waals surface area contributed by atoms with Crippen LogP contribution < -0.4 is 4.31 Å². The van der Waals surface area contributed by atoms with E-state index in [0.29, 0.717) is 17.0 Å². The highest BCUT2D eigenvalue weighted by Gasteiger charge is 2.33. The fourth-order valence-corrected chi connectivity index (χ4v) is 5.81. The van der Waals surface area contributed by atoms with Gasteiger partial charge in [0.2, 0.25) is 0 Å². The van der Waals surface area contributed by atoms with Crippen molar-refractivity contribution in [2.24, 2.45) is 0 Å². The zero-order valence-electron chi connectivity index (χ0n) is 11.9. The predicted molar refractivity (Wildman–Crippen MR) is 84.5 cm³/mol. The minimum Gasteiger partial charge on any atom is -0.391 e. The van der Waals surface area contributed by atoms with Gasteiger partial charge in [0.1, 0.15) is 4.90 Å². The highest BCUT2D eigenvalue weighted by Crippen LogP contribution is 2.34. The largest absolute Gasteiger partial charge is 0.391 e. The van der Waals surface area contributed by atoms with E-state index in [-0.39, 0.29) is 6.54 Å². The van der Waals surface area contributed by atoms with Crippen LogP contribution in [0.5, 0.6) is 0 Å². The number of hydrogen-bond acceptors (Lipinski definition) is 4. The molecule has 4 nitrogen and oxygen atoms in total. The second kappa shape index (κ2) is 5.12. The summed E-state index contributed by atoms with van der Waals surface area (Å²) in [6, 6.07) is 9.06. The standard InChI is InChI=1S/C15H17NO3S2/c1-10-7-15(11(2)20-10)21(18,19)16-9-13(17)8-12-5-3-4-6-14(12)16/h3-7,13,17H,8-9H2,1-2H3. The number of β-amino-alcohol motifs (C(OH)–C–C–N with tert-alkyl or cyclic N) is 1. The van der Waals surface area contributed by atoms with Crippen LogP contribution in [-0.2, 0) is 16.4 Å². The van der Waals surface area contributed by atoms with Gasteiger partial charge in [0.25, 0.3) is 10.0 Å². The van der Waals surface area contributed by atoms with Gasteiger partial charge >= 0.3 is 0 Å². The highest BCUT2D eigenvalue weighted by molar-refractivity contribution is 7.93. The molecule has 0 saturated carbocycles. The molecule has 3 rings (SSSR count). The lowest BCUT2D eigenvalue weighted by Crippen LogP contribution is -2.42. The molecule has 0 bridgehead atoms. The number of fused-ring (bicyclic) bond motifs is 1. The number of anilines is 1. The van der Waals surface area contributed by atoms with Crippen LogP contribution in [0, 0.1) is 13.8 Å². The maximum atomic E-state index is 13.0. The Bertz CT molecular complexity index is 780. The number of benzene rings is 1. The molecule has 112 valence electrons. The summed E-state index contributed by atoms with van der Waals surface area (Å²) in [6.45, 7) is 3.82. The average molecular weight is 323 g/mol. The van der Waals surface area contributed by atoms with E-state index in [9.17, 15) is 13.5 Å². The lowest BCUT2D eigenvalue weighted by atomic mass is 10.0. The number of aliphatic hydroxyl groups excluding tert-OH is 1. The SMILES string of the molecule is Cc1cc(S(=O)(=O)N2CC(O)Cc3ccccc32)c(C)s1. The number of hydrogen-bond donors (Lipinski definition) is 1. The number of para-hydroxylation sites is 1. The van der Waals surface area contributed by atoms with E-state index in [1.807, 2.05) is 32.0 Å². The molecule has 2 aromatic rings. The minimum absolute atomic E-state index is 0.105. The molecule has 6 heteroatoms. The molecular weight excluding hydrogens is 306 g/mol. The summed E-state index contributed by atoms with van der Waals surface area (Å²) in [5.41, 5.74) is 1.54. The van der Waals surface area contributed by atoms with Crippen LogP contribution in [0.15, 0.2) is 35.2 Å². The van der Waals surface area contributed by atoms with Crippen molar-refractivity contribution in [1.29, 1.82) is 0 Å². The van der Waals surface area contributed by atoms with Crippen LogP contribution >= 0.6 is 11.3 Å². The van der Waals surface area contributed by atoms with Gasteiger partial charge in [-0.25, -0.2) is 8.42 Å². The summed E-state index contributed by atoms with van der Waals surface area (Å²) in [4.78, 5) is 2.09. The number of aryl methyl sites for hydroxylation is 2. The van der Waals surface area contributed by atoms with E-state index in [4.69, 9.17) is 0 Å². The molecule has 0 saturated heterocycles. The molecule has 1 unspecified atom stereocenters. The van der Waals surface area contributed by atoms with Gasteiger partial charge in [-0.05, 0) is 31.5 Å². The Kier molecular flexibility index (Phi) is 3.55. The molecule has 0 fully saturated rings. The number of thiophene rings is 1. The quantitative estimate of drug-likeness (QED) is 0.924. The molecule has 1 aliphatic heterocycles. The summed E-state index contributed by atoms with van der Waals surface area (Å²) in [6.07, 6.45) is -0.182. The predicted octanol–water partition coefficient (Wildman–Crippen LogP) is 2.48. The van der Waals surface area contributed by atoms with E-state index in [1.165, 1.54) is 15.6 Å². The third kappa shape index (κ3) is 2.47. The number of rotatable bonds is 2. The molecule has 1 N–H and O–H groups in total. The smallest absolute Gasteiger partial charge is 0.265 e. The Morgan fingerprint density at radius 2 is 2.00 bits per heavy atom. The normalized spacial score (nSPS) is 18.6. The first-order valence-electron chi connectivity index (χ1n) is 6.75. The molecule has 0 aliphatic carbocycles. The first-order chi connectivity index (χ1) is 9.89. The summed E-state index contributed by atoms with van der Waals surface area (Å²) in [5, 5.41) is 10.0. The third-order valence-electron chi connectivity index (χ3n) is 3.66. The van der Waals surface area contributed by atoms with E-state index >= 15 is 0 Å². The molecule has 0 radical (unpaired) electrons. The maximum Gasteiger partial charge on any atom is 0.265 e. The van der Waals surface area contributed by atoms with Crippen molar-refractivity contribution in [3.05, 3.63) is 45.6 Å². The number of aliphatic hydroxyl groups is 1. The van der Waals surface area contributed by atoms with Gasteiger partial charge in [-0.1, -0.05) is 18.2 Å². The molecule has 1 atom stereocenters. The molecule has 2 heterocycles. The molecule has 1 aromatic heterocycles. The molecular formula is C15H17NO3S2. The fourth-order valence-electron chi connectivity index (χ4n) is 2.74. The average Bonchev–Trinajstić information content (AvgIpc) is 2.77. The van der Waals surface area contributed by atoms with Crippen LogP contribution in [0.1, 0.15) is 15.3 Å². The Balaban J connectivity index is 2.14. The van der Waals surface area contributed by atoms with Crippen LogP contribution in [-0.4, -0.2) is 26.2 Å². The monoisotopic (exact) mass is 323 g/mol. The second-order valence-corrected chi connectivity index (χ2v) is 8.59. The van der Waals surface area contributed by atoms with E-state index in [0.717, 1.165) is 15.3 Å². The maximum absolute atomic E-state index is 13.0. The number of nitrogens with zero attached hydrogens (tertiary/aromatic N) is 1. The Labute approximate surface area is 128 Å². The van der Waals surface area contributed by atoms with Gasteiger partial charge in [0, 0.05) is 16.2 Å². The zero-order chi connectivity index (χ0) is 15.2. The van der Waals surface area contributed by atoms with Gasteiger partial charge in [-0.2, -0.15) is 0 Å². The summed E-state index contributed by atoms with van der Waals surface area (Å²) in [7, 11) is -3.63. The Morgan fingerprint density at radius 3 is 2.67 bits per heavy atom. The van der Waals surface area contributed by atoms with Crippen LogP contribution in [0.4, 0.5) is 5.69 Å². The topological polar surface area (TPSA) is 57.6 Å². The first kappa shape index (κ1) is 14.6. The molecule has 1 aliphatic rings. The van der Waals surface area contributed by atoms with Gasteiger partial charge in [-0.3, -0.25) is 4.31 Å². The van der Waals surface area contributed by atoms with E-state index < -0.39 is 16.1 Å². The van der Waals surface area contributed by atoms with Crippen molar-refractivity contribution in [2.45, 2.75) is 31.3 Å². The summed E-state index contributed by atoms with van der Waals surface area (Å²) in [5.74, 6) is 0. The van der Waals surface area contributed by atoms with Crippen molar-refractivity contribution in [3.8, 4) is 0 Å². The molecule has 1 aromatic carbocycles. The van der Waals surface area contributed by atoms with Gasteiger partial charge < -0.3 is 5.11 Å². The lowest BCUT2D eigenvalue weighted by molar-refractivity contribution is 0.180. The van der Waals surface area contributed by atoms with Crippen molar-refractivity contribution in [3.63, 3.8) is 0 Å². The highest BCUT2D eigenvalue weighted by atomic mass is 32.2. The molecule has 0 spiro atoms. The van der Waals surface area contributed by atoms with Crippen molar-refractivity contribution < 1.29 is 13.5 Å². The minimum atomic E-state index is -3.63. The molecule has 21 heavy (non-hydrogen) atoms. The Hall–Kier alpha value is -1.37. The number of sulfonamides is 1. The first-order valence-corrected chi connectivity index (χ1v) is 9.01. The van der Waals surface area contributed by atoms with Crippen molar-refractivity contribution in [2.75, 3.05) is 10.8 Å². The van der Waals surface area contributed by atoms with Crippen LogP contribution in [0.25, 0.3) is 0 Å². The van der Waals surface area contributed by atoms with Crippen molar-refractivity contribution >= 4 is 27.0 Å². The summed E-state index contributed by atoms with van der Waals surface area (Å²) >= 11 is 1.47. The van der Waals surface area contributed by atoms with E-state index in [2.05, 4.69) is 0 Å². The van der Waals surface area contributed by atoms with Crippen LogP contribution in [0.2, 0.25) is 0 Å². The van der Waals surface area contributed by atoms with Crippen LogP contribution in [0.3, 0.4) is 0 Å². The van der Waals surface area contributed by atoms with Crippen molar-refractivity contribution in [1.82, 2.24) is 0 Å². The van der Waals surface area contributed by atoms with Gasteiger partial charge in [0.05, 0.1) is 18.3 Å². The molecule has 0 amide bonds. The second-order valence-electron chi connectivity index (χ2n) is 5.30. The van der Waals surface area contributed by atoms with Gasteiger partial charge in [-0.15, -0.1) is 11.3 Å². The Morgan fingerprint density at radius 1 is 1.29 bits per heavy atom. The summed E-state index contributed by atoms with van der Waals surface area (Å²) < 4.78 is 27.2. The fraction of sp³-hybridized carbons (Fsp3) is 0.333. The lowest BCUT2D eigenvalue weighted by Gasteiger charge is -2.33. The zero-order valence-corrected chi connectivity index (χ0v) is 13.5. The van der Waals surface area contributed by atoms with Gasteiger partial charge in [0.15, 0.2) is 0 Å². The van der Waals surface area contributed by atoms with E-state index in [1.54, 1.807) is 12.1 Å². The third-order valence-corrected chi connectivity index (χ3v) is 6.66.